The van der Waals surface area contributed by atoms with Crippen LogP contribution in [0.3, 0.4) is 0 Å². The van der Waals surface area contributed by atoms with Gasteiger partial charge in [-0.2, -0.15) is 4.31 Å². The summed E-state index contributed by atoms with van der Waals surface area (Å²) in [6, 6.07) is 4.70. The lowest BCUT2D eigenvalue weighted by Gasteiger charge is -2.31. The molecule has 2 heterocycles. The lowest BCUT2D eigenvalue weighted by molar-refractivity contribution is -0.120. The SMILES string of the molecule is CC1CCCN(S(=O)(=O)c2ccc3c(c2)N(C)C(=O)CO3)C1. The van der Waals surface area contributed by atoms with Gasteiger partial charge in [0.1, 0.15) is 5.75 Å². The summed E-state index contributed by atoms with van der Waals surface area (Å²) in [6.45, 7) is 3.15. The minimum absolute atomic E-state index is 0.0146. The van der Waals surface area contributed by atoms with Gasteiger partial charge in [-0.1, -0.05) is 6.92 Å². The van der Waals surface area contributed by atoms with E-state index in [1.165, 1.54) is 15.3 Å². The van der Waals surface area contributed by atoms with E-state index in [0.29, 0.717) is 30.4 Å². The molecule has 0 bridgehead atoms. The van der Waals surface area contributed by atoms with Crippen LogP contribution >= 0.6 is 0 Å². The number of rotatable bonds is 2. The first kappa shape index (κ1) is 15.3. The molecule has 2 aliphatic heterocycles. The molecule has 1 saturated heterocycles. The van der Waals surface area contributed by atoms with E-state index in [1.54, 1.807) is 19.2 Å². The maximum atomic E-state index is 12.8. The van der Waals surface area contributed by atoms with Gasteiger partial charge in [0.25, 0.3) is 5.91 Å². The van der Waals surface area contributed by atoms with Crippen LogP contribution in [0.2, 0.25) is 0 Å². The number of sulfonamides is 1. The van der Waals surface area contributed by atoms with Crippen LogP contribution in [0.1, 0.15) is 19.8 Å². The monoisotopic (exact) mass is 324 g/mol. The minimum atomic E-state index is -3.53. The smallest absolute Gasteiger partial charge is 0.264 e. The number of likely N-dealkylation sites (N-methyl/N-ethyl adjacent to an activating group) is 1. The van der Waals surface area contributed by atoms with Crippen molar-refractivity contribution >= 4 is 21.6 Å². The van der Waals surface area contributed by atoms with Crippen molar-refractivity contribution in [1.82, 2.24) is 4.31 Å². The van der Waals surface area contributed by atoms with Crippen molar-refractivity contribution < 1.29 is 17.9 Å². The van der Waals surface area contributed by atoms with Gasteiger partial charge in [0.2, 0.25) is 10.0 Å². The van der Waals surface area contributed by atoms with E-state index in [4.69, 9.17) is 4.74 Å². The summed E-state index contributed by atoms with van der Waals surface area (Å²) in [7, 11) is -1.90. The lowest BCUT2D eigenvalue weighted by atomic mass is 10.0. The molecule has 22 heavy (non-hydrogen) atoms. The molecule has 1 fully saturated rings. The maximum absolute atomic E-state index is 12.8. The van der Waals surface area contributed by atoms with Crippen LogP contribution in [0.15, 0.2) is 23.1 Å². The quantitative estimate of drug-likeness (QED) is 0.826. The fraction of sp³-hybridized carbons (Fsp3) is 0.533. The highest BCUT2D eigenvalue weighted by atomic mass is 32.2. The number of ether oxygens (including phenoxy) is 1. The van der Waals surface area contributed by atoms with Gasteiger partial charge >= 0.3 is 0 Å². The summed E-state index contributed by atoms with van der Waals surface area (Å²) in [4.78, 5) is 13.4. The summed E-state index contributed by atoms with van der Waals surface area (Å²) < 4.78 is 32.4. The molecule has 0 aliphatic carbocycles. The van der Waals surface area contributed by atoms with Gasteiger partial charge in [0.05, 0.1) is 10.6 Å². The highest BCUT2D eigenvalue weighted by Gasteiger charge is 2.31. The van der Waals surface area contributed by atoms with E-state index in [0.717, 1.165) is 12.8 Å². The summed E-state index contributed by atoms with van der Waals surface area (Å²) >= 11 is 0. The molecule has 6 nitrogen and oxygen atoms in total. The van der Waals surface area contributed by atoms with E-state index >= 15 is 0 Å². The Morgan fingerprint density at radius 3 is 2.82 bits per heavy atom. The molecule has 3 rings (SSSR count). The molecular weight excluding hydrogens is 304 g/mol. The van der Waals surface area contributed by atoms with Gasteiger partial charge in [-0.25, -0.2) is 8.42 Å². The van der Waals surface area contributed by atoms with Crippen LogP contribution in [0.25, 0.3) is 0 Å². The van der Waals surface area contributed by atoms with Crippen molar-refractivity contribution in [3.05, 3.63) is 18.2 Å². The molecule has 0 aromatic heterocycles. The van der Waals surface area contributed by atoms with Gasteiger partial charge in [-0.15, -0.1) is 0 Å². The topological polar surface area (TPSA) is 66.9 Å². The number of piperidine rings is 1. The second kappa shape index (κ2) is 5.55. The van der Waals surface area contributed by atoms with Crippen molar-refractivity contribution in [1.29, 1.82) is 0 Å². The Morgan fingerprint density at radius 2 is 2.09 bits per heavy atom. The molecule has 1 aromatic rings. The van der Waals surface area contributed by atoms with E-state index in [9.17, 15) is 13.2 Å². The van der Waals surface area contributed by atoms with Crippen molar-refractivity contribution in [3.8, 4) is 5.75 Å². The van der Waals surface area contributed by atoms with Gasteiger partial charge in [0, 0.05) is 20.1 Å². The Labute approximate surface area is 130 Å². The number of amides is 1. The Kier molecular flexibility index (Phi) is 3.86. The standard InChI is InChI=1S/C15H20N2O4S/c1-11-4-3-7-17(9-11)22(19,20)12-5-6-14-13(8-12)16(2)15(18)10-21-14/h5-6,8,11H,3-4,7,9-10H2,1-2H3. The van der Waals surface area contributed by atoms with E-state index in [2.05, 4.69) is 6.92 Å². The number of benzene rings is 1. The molecular formula is C15H20N2O4S. The fourth-order valence-electron chi connectivity index (χ4n) is 2.93. The summed E-state index contributed by atoms with van der Waals surface area (Å²) in [5.74, 6) is 0.718. The average Bonchev–Trinajstić information content (AvgIpc) is 2.51. The van der Waals surface area contributed by atoms with Crippen LogP contribution in [0.4, 0.5) is 5.69 Å². The molecule has 2 aliphatic rings. The number of hydrogen-bond acceptors (Lipinski definition) is 4. The Balaban J connectivity index is 1.96. The third kappa shape index (κ3) is 2.59. The van der Waals surface area contributed by atoms with Crippen LogP contribution < -0.4 is 9.64 Å². The summed E-state index contributed by atoms with van der Waals surface area (Å²) in [6.07, 6.45) is 1.94. The second-order valence-electron chi connectivity index (χ2n) is 5.98. The molecule has 0 N–H and O–H groups in total. The van der Waals surface area contributed by atoms with Crippen LogP contribution in [0.5, 0.6) is 5.75 Å². The fourth-order valence-corrected chi connectivity index (χ4v) is 4.55. The van der Waals surface area contributed by atoms with E-state index < -0.39 is 10.0 Å². The first-order chi connectivity index (χ1) is 10.4. The summed E-state index contributed by atoms with van der Waals surface area (Å²) in [5.41, 5.74) is 0.502. The van der Waals surface area contributed by atoms with Gasteiger partial charge in [-0.05, 0) is 37.0 Å². The predicted molar refractivity (Wildman–Crippen MR) is 82.5 cm³/mol. The number of carbonyl (C=O) groups excluding carboxylic acids is 1. The lowest BCUT2D eigenvalue weighted by Crippen LogP contribution is -2.39. The molecule has 1 atom stereocenters. The largest absolute Gasteiger partial charge is 0.482 e. The average molecular weight is 324 g/mol. The first-order valence-electron chi connectivity index (χ1n) is 7.43. The van der Waals surface area contributed by atoms with Crippen LogP contribution in [0, 0.1) is 5.92 Å². The van der Waals surface area contributed by atoms with Crippen molar-refractivity contribution in [3.63, 3.8) is 0 Å². The number of hydrogen-bond donors (Lipinski definition) is 0. The number of nitrogens with zero attached hydrogens (tertiary/aromatic N) is 2. The van der Waals surface area contributed by atoms with Crippen molar-refractivity contribution in [2.24, 2.45) is 5.92 Å². The molecule has 0 saturated carbocycles. The number of fused-ring (bicyclic) bond motifs is 1. The molecule has 0 radical (unpaired) electrons. The van der Waals surface area contributed by atoms with Crippen molar-refractivity contribution in [2.75, 3.05) is 31.6 Å². The highest BCUT2D eigenvalue weighted by Crippen LogP contribution is 2.34. The third-order valence-electron chi connectivity index (χ3n) is 4.27. The first-order valence-corrected chi connectivity index (χ1v) is 8.87. The Hall–Kier alpha value is -1.60. The molecule has 1 amide bonds. The Bertz CT molecular complexity index is 701. The van der Waals surface area contributed by atoms with Crippen molar-refractivity contribution in [2.45, 2.75) is 24.7 Å². The molecule has 7 heteroatoms. The van der Waals surface area contributed by atoms with Crippen LogP contribution in [-0.4, -0.2) is 45.4 Å². The Morgan fingerprint density at radius 1 is 1.32 bits per heavy atom. The molecule has 0 spiro atoms. The maximum Gasteiger partial charge on any atom is 0.264 e. The number of anilines is 1. The zero-order valence-corrected chi connectivity index (χ0v) is 13.6. The van der Waals surface area contributed by atoms with E-state index in [1.807, 2.05) is 0 Å². The van der Waals surface area contributed by atoms with Gasteiger partial charge < -0.3 is 9.64 Å². The minimum Gasteiger partial charge on any atom is -0.482 e. The molecule has 1 aromatic carbocycles. The van der Waals surface area contributed by atoms with Gasteiger partial charge in [-0.3, -0.25) is 4.79 Å². The summed E-state index contributed by atoms with van der Waals surface area (Å²) in [5, 5.41) is 0. The molecule has 120 valence electrons. The van der Waals surface area contributed by atoms with Crippen LogP contribution in [-0.2, 0) is 14.8 Å². The normalized spacial score (nSPS) is 23.1. The highest BCUT2D eigenvalue weighted by molar-refractivity contribution is 7.89. The molecule has 1 unspecified atom stereocenters. The van der Waals surface area contributed by atoms with Gasteiger partial charge in [0.15, 0.2) is 6.61 Å². The predicted octanol–water partition coefficient (Wildman–Crippen LogP) is 1.46. The second-order valence-corrected chi connectivity index (χ2v) is 7.92. The zero-order valence-electron chi connectivity index (χ0n) is 12.8. The third-order valence-corrected chi connectivity index (χ3v) is 6.14. The van der Waals surface area contributed by atoms with E-state index in [-0.39, 0.29) is 17.4 Å². The number of carbonyl (C=O) groups is 1. The zero-order chi connectivity index (χ0) is 15.9.